The first kappa shape index (κ1) is 23.6. The summed E-state index contributed by atoms with van der Waals surface area (Å²) in [6.07, 6.45) is 0. The second-order valence-corrected chi connectivity index (χ2v) is 10.2. The first-order chi connectivity index (χ1) is 17.3. The monoisotopic (exact) mass is 515 g/mol. The van der Waals surface area contributed by atoms with Gasteiger partial charge in [-0.3, -0.25) is 10.2 Å². The summed E-state index contributed by atoms with van der Waals surface area (Å²) in [6.45, 7) is 0.402. The standard InChI is InChI=1S/C26H21N5O3S2/c27-36(33,34)21-13-11-20(12-14-21)28-26(35)30-29-24-22-7-3-4-8-23(22)31(25(24)32)16-17-9-10-18-5-1-2-6-19(18)15-17/h1-15H,16H2,(H2,27,33,34)(H2,28,30,35). The van der Waals surface area contributed by atoms with Crippen molar-refractivity contribution in [2.75, 3.05) is 10.2 Å². The Morgan fingerprint density at radius 2 is 1.61 bits per heavy atom. The largest absolute Gasteiger partial charge is 0.331 e. The van der Waals surface area contributed by atoms with E-state index >= 15 is 0 Å². The van der Waals surface area contributed by atoms with Crippen LogP contribution in [0.4, 0.5) is 11.4 Å². The van der Waals surface area contributed by atoms with Crippen molar-refractivity contribution in [3.05, 3.63) is 102 Å². The number of hydrazone groups is 1. The van der Waals surface area contributed by atoms with Crippen LogP contribution in [-0.4, -0.2) is 25.1 Å². The Hall–Kier alpha value is -4.12. The molecule has 36 heavy (non-hydrogen) atoms. The summed E-state index contributed by atoms with van der Waals surface area (Å²) < 4.78 is 22.8. The zero-order valence-electron chi connectivity index (χ0n) is 18.9. The maximum Gasteiger partial charge on any atom is 0.279 e. The van der Waals surface area contributed by atoms with Crippen molar-refractivity contribution in [3.63, 3.8) is 0 Å². The number of carbonyl (C=O) groups excluding carboxylic acids is 1. The summed E-state index contributed by atoms with van der Waals surface area (Å²) in [6, 6.07) is 27.5. The van der Waals surface area contributed by atoms with Crippen LogP contribution < -0.4 is 20.8 Å². The van der Waals surface area contributed by atoms with Gasteiger partial charge in [0.15, 0.2) is 10.8 Å². The fourth-order valence-corrected chi connectivity index (χ4v) is 4.72. The van der Waals surface area contributed by atoms with Crippen LogP contribution >= 0.6 is 12.2 Å². The van der Waals surface area contributed by atoms with Crippen LogP contribution in [-0.2, 0) is 21.4 Å². The zero-order chi connectivity index (χ0) is 25.3. The Morgan fingerprint density at radius 3 is 2.36 bits per heavy atom. The summed E-state index contributed by atoms with van der Waals surface area (Å²) in [5.41, 5.74) is 5.99. The highest BCUT2D eigenvalue weighted by molar-refractivity contribution is 7.89. The number of para-hydroxylation sites is 1. The van der Waals surface area contributed by atoms with Gasteiger partial charge >= 0.3 is 0 Å². The van der Waals surface area contributed by atoms with Crippen LogP contribution in [0.3, 0.4) is 0 Å². The molecule has 0 spiro atoms. The number of thiocarbonyl (C=S) groups is 1. The first-order valence-electron chi connectivity index (χ1n) is 11.0. The average molecular weight is 516 g/mol. The Morgan fingerprint density at radius 1 is 0.917 bits per heavy atom. The van der Waals surface area contributed by atoms with Crippen LogP contribution in [0.5, 0.6) is 0 Å². The third-order valence-corrected chi connectivity index (χ3v) is 6.88. The number of rotatable bonds is 5. The molecule has 1 aliphatic heterocycles. The molecule has 4 N–H and O–H groups in total. The molecular weight excluding hydrogens is 494 g/mol. The van der Waals surface area contributed by atoms with Gasteiger partial charge in [0.2, 0.25) is 10.0 Å². The minimum Gasteiger partial charge on any atom is -0.331 e. The number of carbonyl (C=O) groups is 1. The van der Waals surface area contributed by atoms with Crippen molar-refractivity contribution in [1.82, 2.24) is 5.43 Å². The van der Waals surface area contributed by atoms with Crippen LogP contribution in [0.25, 0.3) is 10.8 Å². The van der Waals surface area contributed by atoms with Gasteiger partial charge in [0.1, 0.15) is 0 Å². The summed E-state index contributed by atoms with van der Waals surface area (Å²) in [7, 11) is -3.78. The molecule has 0 atom stereocenters. The molecule has 0 bridgehead atoms. The number of sulfonamides is 1. The van der Waals surface area contributed by atoms with E-state index in [1.165, 1.54) is 24.3 Å². The zero-order valence-corrected chi connectivity index (χ0v) is 20.5. The molecule has 0 saturated carbocycles. The molecule has 0 unspecified atom stereocenters. The van der Waals surface area contributed by atoms with Crippen molar-refractivity contribution >= 4 is 61.1 Å². The van der Waals surface area contributed by atoms with Crippen molar-refractivity contribution in [2.24, 2.45) is 10.2 Å². The smallest absolute Gasteiger partial charge is 0.279 e. The van der Waals surface area contributed by atoms with E-state index in [4.69, 9.17) is 17.4 Å². The van der Waals surface area contributed by atoms with Gasteiger partial charge in [-0.2, -0.15) is 5.10 Å². The molecule has 4 aromatic carbocycles. The quantitative estimate of drug-likeness (QED) is 0.276. The van der Waals surface area contributed by atoms with Gasteiger partial charge in [-0.05, 0) is 65.0 Å². The number of primary sulfonamides is 1. The number of anilines is 2. The van der Waals surface area contributed by atoms with E-state index < -0.39 is 10.0 Å². The minimum absolute atomic E-state index is 0.00756. The van der Waals surface area contributed by atoms with Crippen molar-refractivity contribution in [2.45, 2.75) is 11.4 Å². The molecule has 5 rings (SSSR count). The van der Waals surface area contributed by atoms with Gasteiger partial charge in [-0.25, -0.2) is 13.6 Å². The normalized spacial score (nSPS) is 14.2. The molecule has 8 nitrogen and oxygen atoms in total. The molecule has 1 amide bonds. The predicted octanol–water partition coefficient (Wildman–Crippen LogP) is 3.72. The molecule has 1 heterocycles. The topological polar surface area (TPSA) is 117 Å². The molecule has 1 aliphatic rings. The van der Waals surface area contributed by atoms with Crippen LogP contribution in [0.2, 0.25) is 0 Å². The van der Waals surface area contributed by atoms with Gasteiger partial charge in [0.25, 0.3) is 5.91 Å². The van der Waals surface area contributed by atoms with E-state index in [0.29, 0.717) is 17.8 Å². The van der Waals surface area contributed by atoms with Crippen LogP contribution in [0.1, 0.15) is 11.1 Å². The lowest BCUT2D eigenvalue weighted by Gasteiger charge is -2.17. The fourth-order valence-electron chi connectivity index (χ4n) is 4.04. The molecule has 180 valence electrons. The molecule has 0 radical (unpaired) electrons. The van der Waals surface area contributed by atoms with Crippen molar-refractivity contribution < 1.29 is 13.2 Å². The minimum atomic E-state index is -3.78. The van der Waals surface area contributed by atoms with E-state index in [-0.39, 0.29) is 21.6 Å². The van der Waals surface area contributed by atoms with E-state index in [0.717, 1.165) is 22.0 Å². The molecular formula is C26H21N5O3S2. The number of nitrogens with zero attached hydrogens (tertiary/aromatic N) is 2. The van der Waals surface area contributed by atoms with Gasteiger partial charge < -0.3 is 10.2 Å². The number of benzene rings is 4. The average Bonchev–Trinajstić information content (AvgIpc) is 3.13. The highest BCUT2D eigenvalue weighted by Gasteiger charge is 2.34. The lowest BCUT2D eigenvalue weighted by atomic mass is 10.1. The SMILES string of the molecule is NS(=O)(=O)c1ccc(NC(=S)NN=C2C(=O)N(Cc3ccc4ccccc4c3)c3ccccc32)cc1. The van der Waals surface area contributed by atoms with Gasteiger partial charge in [-0.1, -0.05) is 54.6 Å². The van der Waals surface area contributed by atoms with Crippen molar-refractivity contribution in [1.29, 1.82) is 0 Å². The number of amides is 1. The lowest BCUT2D eigenvalue weighted by molar-refractivity contribution is -0.112. The Labute approximate surface area is 213 Å². The second kappa shape index (κ2) is 9.50. The molecule has 0 aliphatic carbocycles. The highest BCUT2D eigenvalue weighted by Crippen LogP contribution is 2.31. The van der Waals surface area contributed by atoms with Gasteiger partial charge in [0.05, 0.1) is 17.1 Å². The molecule has 10 heteroatoms. The third kappa shape index (κ3) is 4.82. The van der Waals surface area contributed by atoms with Gasteiger partial charge in [-0.15, -0.1) is 0 Å². The summed E-state index contributed by atoms with van der Waals surface area (Å²) in [5, 5.41) is 14.7. The van der Waals surface area contributed by atoms with Crippen molar-refractivity contribution in [3.8, 4) is 0 Å². The molecule has 0 saturated heterocycles. The van der Waals surface area contributed by atoms with E-state index in [1.54, 1.807) is 4.90 Å². The number of hydrogen-bond donors (Lipinski definition) is 3. The summed E-state index contributed by atoms with van der Waals surface area (Å²) >= 11 is 5.30. The highest BCUT2D eigenvalue weighted by atomic mass is 32.2. The maximum absolute atomic E-state index is 13.4. The van der Waals surface area contributed by atoms with E-state index in [1.807, 2.05) is 54.6 Å². The molecule has 0 aromatic heterocycles. The third-order valence-electron chi connectivity index (χ3n) is 5.76. The maximum atomic E-state index is 13.4. The van der Waals surface area contributed by atoms with Crippen LogP contribution in [0, 0.1) is 0 Å². The van der Waals surface area contributed by atoms with Crippen LogP contribution in [0.15, 0.2) is 101 Å². The number of hydrogen-bond acceptors (Lipinski definition) is 5. The Kier molecular flexibility index (Phi) is 6.23. The predicted molar refractivity (Wildman–Crippen MR) is 145 cm³/mol. The molecule has 0 fully saturated rings. The Bertz CT molecular complexity index is 1630. The number of nitrogens with two attached hydrogens (primary N) is 1. The second-order valence-electron chi connectivity index (χ2n) is 8.19. The number of fused-ring (bicyclic) bond motifs is 2. The summed E-state index contributed by atoms with van der Waals surface area (Å²) in [4.78, 5) is 15.0. The van der Waals surface area contributed by atoms with E-state index in [9.17, 15) is 13.2 Å². The molecule has 4 aromatic rings. The number of nitrogens with one attached hydrogen (secondary N) is 2. The summed E-state index contributed by atoms with van der Waals surface area (Å²) in [5.74, 6) is -0.239. The lowest BCUT2D eigenvalue weighted by Crippen LogP contribution is -2.32. The fraction of sp³-hybridized carbons (Fsp3) is 0.0385. The first-order valence-corrected chi connectivity index (χ1v) is 12.9. The Balaban J connectivity index is 1.33. The van der Waals surface area contributed by atoms with Gasteiger partial charge in [0, 0.05) is 11.3 Å². The van der Waals surface area contributed by atoms with E-state index in [2.05, 4.69) is 28.0 Å².